The fraction of sp³-hybridized carbons (Fsp3) is 0.600. The molecule has 0 radical (unpaired) electrons. The molecule has 1 aromatic rings. The molecular formula is C20H30O4. The Kier molecular flexibility index (Phi) is 9.13. The van der Waals surface area contributed by atoms with Gasteiger partial charge in [0.15, 0.2) is 0 Å². The van der Waals surface area contributed by atoms with Crippen molar-refractivity contribution in [3.63, 3.8) is 0 Å². The van der Waals surface area contributed by atoms with Gasteiger partial charge in [-0.3, -0.25) is 0 Å². The topological polar surface area (TPSA) is 52.6 Å². The van der Waals surface area contributed by atoms with Crippen LogP contribution in [0.15, 0.2) is 30.3 Å². The van der Waals surface area contributed by atoms with Gasteiger partial charge in [-0.1, -0.05) is 83.7 Å². The zero-order valence-electron chi connectivity index (χ0n) is 15.3. The van der Waals surface area contributed by atoms with Gasteiger partial charge < -0.3 is 0 Å². The summed E-state index contributed by atoms with van der Waals surface area (Å²) >= 11 is 0. The minimum absolute atomic E-state index is 0.330. The summed E-state index contributed by atoms with van der Waals surface area (Å²) in [6.45, 7) is 7.82. The smallest absolute Gasteiger partial charge is 0.247 e. The van der Waals surface area contributed by atoms with Crippen LogP contribution in [0.1, 0.15) is 71.3 Å². The minimum Gasteiger partial charge on any atom is -0.247 e. The Labute approximate surface area is 145 Å². The second kappa shape index (κ2) is 10.8. The summed E-state index contributed by atoms with van der Waals surface area (Å²) in [6, 6.07) is 9.52. The highest BCUT2D eigenvalue weighted by Gasteiger charge is 2.24. The van der Waals surface area contributed by atoms with Gasteiger partial charge >= 0.3 is 11.9 Å². The van der Waals surface area contributed by atoms with Crippen molar-refractivity contribution in [2.45, 2.75) is 65.7 Å². The molecule has 4 heteroatoms. The van der Waals surface area contributed by atoms with Crippen molar-refractivity contribution < 1.29 is 19.4 Å². The van der Waals surface area contributed by atoms with Crippen LogP contribution in [0, 0.1) is 11.8 Å². The molecule has 0 spiro atoms. The average Bonchev–Trinajstić information content (AvgIpc) is 2.56. The third-order valence-corrected chi connectivity index (χ3v) is 3.94. The Bertz CT molecular complexity index is 494. The summed E-state index contributed by atoms with van der Waals surface area (Å²) in [5.41, 5.74) is 0.895. The van der Waals surface area contributed by atoms with E-state index < -0.39 is 17.9 Å². The van der Waals surface area contributed by atoms with Gasteiger partial charge in [-0.25, -0.2) is 19.4 Å². The van der Waals surface area contributed by atoms with Gasteiger partial charge in [0, 0.05) is 0 Å². The molecule has 0 fully saturated rings. The molecule has 0 saturated heterocycles. The highest BCUT2D eigenvalue weighted by atomic mass is 17.2. The third kappa shape index (κ3) is 7.62. The van der Waals surface area contributed by atoms with Gasteiger partial charge in [-0.2, -0.15) is 0 Å². The number of benzene rings is 1. The van der Waals surface area contributed by atoms with Crippen molar-refractivity contribution >= 4 is 11.9 Å². The van der Waals surface area contributed by atoms with Crippen molar-refractivity contribution in [1.29, 1.82) is 0 Å². The van der Waals surface area contributed by atoms with Crippen molar-refractivity contribution in [3.8, 4) is 0 Å². The highest BCUT2D eigenvalue weighted by Crippen LogP contribution is 2.25. The molecular weight excluding hydrogens is 304 g/mol. The highest BCUT2D eigenvalue weighted by molar-refractivity contribution is 5.79. The molecule has 0 aliphatic heterocycles. The fourth-order valence-electron chi connectivity index (χ4n) is 2.42. The van der Waals surface area contributed by atoms with E-state index in [-0.39, 0.29) is 5.92 Å². The molecule has 4 nitrogen and oxygen atoms in total. The SMILES string of the molecule is CC(C)CCCCCC(C(=O)OOC(=O)C(C)C)c1ccccc1. The fourth-order valence-corrected chi connectivity index (χ4v) is 2.42. The molecule has 0 bridgehead atoms. The first kappa shape index (κ1) is 20.2. The molecule has 24 heavy (non-hydrogen) atoms. The number of hydrogen-bond acceptors (Lipinski definition) is 4. The molecule has 0 aliphatic rings. The van der Waals surface area contributed by atoms with Crippen LogP contribution in [0.4, 0.5) is 0 Å². The summed E-state index contributed by atoms with van der Waals surface area (Å²) < 4.78 is 0. The lowest BCUT2D eigenvalue weighted by atomic mass is 9.92. The summed E-state index contributed by atoms with van der Waals surface area (Å²) in [6.07, 6.45) is 5.09. The monoisotopic (exact) mass is 334 g/mol. The summed E-state index contributed by atoms with van der Waals surface area (Å²) in [7, 11) is 0. The Balaban J connectivity index is 2.58. The number of rotatable bonds is 9. The van der Waals surface area contributed by atoms with Gasteiger partial charge in [-0.05, 0) is 17.9 Å². The van der Waals surface area contributed by atoms with Crippen LogP contribution >= 0.6 is 0 Å². The van der Waals surface area contributed by atoms with Crippen molar-refractivity contribution in [1.82, 2.24) is 0 Å². The first-order valence-corrected chi connectivity index (χ1v) is 8.89. The van der Waals surface area contributed by atoms with Crippen LogP contribution in [0.3, 0.4) is 0 Å². The van der Waals surface area contributed by atoms with Crippen molar-refractivity contribution in [3.05, 3.63) is 35.9 Å². The summed E-state index contributed by atoms with van der Waals surface area (Å²) in [4.78, 5) is 33.2. The predicted octanol–water partition coefficient (Wildman–Crippen LogP) is 5.03. The van der Waals surface area contributed by atoms with E-state index in [0.29, 0.717) is 12.3 Å². The lowest BCUT2D eigenvalue weighted by molar-refractivity contribution is -0.262. The standard InChI is InChI=1S/C20H30O4/c1-15(2)11-7-5-10-14-18(17-12-8-6-9-13-17)20(22)24-23-19(21)16(3)4/h6,8-9,12-13,15-16,18H,5,7,10-11,14H2,1-4H3. The van der Waals surface area contributed by atoms with Crippen LogP contribution < -0.4 is 0 Å². The molecule has 1 unspecified atom stereocenters. The average molecular weight is 334 g/mol. The number of unbranched alkanes of at least 4 members (excludes halogenated alkanes) is 2. The molecule has 0 saturated carbocycles. The summed E-state index contributed by atoms with van der Waals surface area (Å²) in [5, 5.41) is 0. The van der Waals surface area contributed by atoms with Gasteiger partial charge in [-0.15, -0.1) is 0 Å². The molecule has 134 valence electrons. The van der Waals surface area contributed by atoms with Crippen LogP contribution in [0.2, 0.25) is 0 Å². The molecule has 0 N–H and O–H groups in total. The third-order valence-electron chi connectivity index (χ3n) is 3.94. The van der Waals surface area contributed by atoms with Gasteiger partial charge in [0.1, 0.15) is 0 Å². The maximum Gasteiger partial charge on any atom is 0.362 e. The number of carbonyl (C=O) groups is 2. The molecule has 1 aromatic carbocycles. The maximum absolute atomic E-state index is 12.3. The van der Waals surface area contributed by atoms with Crippen LogP contribution in [-0.2, 0) is 19.4 Å². The van der Waals surface area contributed by atoms with Gasteiger partial charge in [0.25, 0.3) is 0 Å². The van der Waals surface area contributed by atoms with E-state index in [0.717, 1.165) is 24.8 Å². The second-order valence-electron chi connectivity index (χ2n) is 6.95. The van der Waals surface area contributed by atoms with E-state index in [2.05, 4.69) is 18.7 Å². The molecule has 1 atom stereocenters. The lowest BCUT2D eigenvalue weighted by Gasteiger charge is -2.15. The predicted molar refractivity (Wildman–Crippen MR) is 94.1 cm³/mol. The quantitative estimate of drug-likeness (QED) is 0.361. The number of carbonyl (C=O) groups excluding carboxylic acids is 2. The van der Waals surface area contributed by atoms with E-state index >= 15 is 0 Å². The van der Waals surface area contributed by atoms with Crippen LogP contribution in [0.25, 0.3) is 0 Å². The summed E-state index contributed by atoms with van der Waals surface area (Å²) in [5.74, 6) is -1.06. The number of hydrogen-bond donors (Lipinski definition) is 0. The first-order valence-electron chi connectivity index (χ1n) is 8.89. The van der Waals surface area contributed by atoms with Gasteiger partial charge in [0.2, 0.25) is 0 Å². The van der Waals surface area contributed by atoms with Crippen LogP contribution in [-0.4, -0.2) is 11.9 Å². The Hall–Kier alpha value is -1.84. The van der Waals surface area contributed by atoms with Gasteiger partial charge in [0.05, 0.1) is 11.8 Å². The molecule has 0 aromatic heterocycles. The van der Waals surface area contributed by atoms with E-state index in [1.165, 1.54) is 6.42 Å². The molecule has 0 aliphatic carbocycles. The maximum atomic E-state index is 12.3. The van der Waals surface area contributed by atoms with E-state index in [1.807, 2.05) is 30.3 Å². The zero-order valence-corrected chi connectivity index (χ0v) is 15.3. The molecule has 1 rings (SSSR count). The first-order chi connectivity index (χ1) is 11.4. The normalized spacial score (nSPS) is 12.2. The zero-order chi connectivity index (χ0) is 17.9. The minimum atomic E-state index is -0.535. The van der Waals surface area contributed by atoms with E-state index in [9.17, 15) is 9.59 Å². The lowest BCUT2D eigenvalue weighted by Crippen LogP contribution is -2.20. The molecule has 0 amide bonds. The Morgan fingerprint density at radius 2 is 1.42 bits per heavy atom. The van der Waals surface area contributed by atoms with Crippen molar-refractivity contribution in [2.75, 3.05) is 0 Å². The second-order valence-corrected chi connectivity index (χ2v) is 6.95. The molecule has 0 heterocycles. The van der Waals surface area contributed by atoms with E-state index in [4.69, 9.17) is 4.89 Å². The van der Waals surface area contributed by atoms with Crippen LogP contribution in [0.5, 0.6) is 0 Å². The Morgan fingerprint density at radius 1 is 0.833 bits per heavy atom. The van der Waals surface area contributed by atoms with E-state index in [1.54, 1.807) is 13.8 Å². The Morgan fingerprint density at radius 3 is 2.00 bits per heavy atom. The largest absolute Gasteiger partial charge is 0.362 e. The van der Waals surface area contributed by atoms with Crippen molar-refractivity contribution in [2.24, 2.45) is 11.8 Å².